The van der Waals surface area contributed by atoms with E-state index in [0.717, 1.165) is 45.3 Å². The number of rotatable bonds is 4. The lowest BCUT2D eigenvalue weighted by Gasteiger charge is -2.23. The van der Waals surface area contributed by atoms with Crippen molar-refractivity contribution in [3.8, 4) is 6.01 Å². The summed E-state index contributed by atoms with van der Waals surface area (Å²) in [5, 5.41) is 0. The van der Waals surface area contributed by atoms with Crippen LogP contribution in [0.4, 0.5) is 5.82 Å². The van der Waals surface area contributed by atoms with Gasteiger partial charge >= 0.3 is 6.01 Å². The predicted molar refractivity (Wildman–Crippen MR) is 83.0 cm³/mol. The summed E-state index contributed by atoms with van der Waals surface area (Å²) in [5.41, 5.74) is 7.25. The first-order chi connectivity index (χ1) is 11.3. The Morgan fingerprint density at radius 2 is 2.09 bits per heavy atom. The lowest BCUT2D eigenvalue weighted by molar-refractivity contribution is -0.0298. The number of aromatic nitrogens is 4. The van der Waals surface area contributed by atoms with Crippen LogP contribution >= 0.6 is 0 Å². The van der Waals surface area contributed by atoms with Crippen molar-refractivity contribution < 1.29 is 14.2 Å². The fraction of sp³-hybridized carbons (Fsp3) is 0.667. The van der Waals surface area contributed by atoms with Crippen LogP contribution in [-0.2, 0) is 9.47 Å². The van der Waals surface area contributed by atoms with Gasteiger partial charge in [0.2, 0.25) is 0 Å². The molecule has 0 aromatic carbocycles. The normalized spacial score (nSPS) is 25.0. The number of ether oxygens (including phenoxy) is 3. The number of hydrogen-bond acceptors (Lipinski definition) is 7. The lowest BCUT2D eigenvalue weighted by Crippen LogP contribution is -2.19. The molecule has 2 aromatic rings. The van der Waals surface area contributed by atoms with Gasteiger partial charge in [0.1, 0.15) is 12.8 Å². The maximum atomic E-state index is 6.00. The highest BCUT2D eigenvalue weighted by Crippen LogP contribution is 2.28. The van der Waals surface area contributed by atoms with Crippen molar-refractivity contribution in [1.82, 2.24) is 19.5 Å². The highest BCUT2D eigenvalue weighted by molar-refractivity contribution is 5.81. The fourth-order valence-corrected chi connectivity index (χ4v) is 3.08. The number of anilines is 1. The Bertz CT molecular complexity index is 677. The molecule has 2 saturated heterocycles. The van der Waals surface area contributed by atoms with Crippen LogP contribution in [0.2, 0.25) is 0 Å². The van der Waals surface area contributed by atoms with Gasteiger partial charge in [-0.25, -0.2) is 4.98 Å². The SMILES string of the molecule is Nc1nc(OCC2CCCO2)nc2c1ncn2C1CCCCO1. The highest BCUT2D eigenvalue weighted by atomic mass is 16.5. The predicted octanol–water partition coefficient (Wildman–Crippen LogP) is 1.67. The molecule has 2 unspecified atom stereocenters. The molecule has 8 nitrogen and oxygen atoms in total. The molecule has 2 aromatic heterocycles. The Kier molecular flexibility index (Phi) is 4.00. The van der Waals surface area contributed by atoms with E-state index in [1.165, 1.54) is 0 Å². The minimum atomic E-state index is -0.0472. The molecule has 0 saturated carbocycles. The Hall–Kier alpha value is -1.93. The standard InChI is InChI=1S/C15H21N5O3/c16-13-12-14(20(9-17-12)11-5-1-2-6-22-11)19-15(18-13)23-8-10-4-3-7-21-10/h9-11H,1-8H2,(H2,16,18,19). The molecule has 23 heavy (non-hydrogen) atoms. The molecule has 0 spiro atoms. The molecular formula is C15H21N5O3. The first kappa shape index (κ1) is 14.6. The van der Waals surface area contributed by atoms with Crippen LogP contribution in [0.1, 0.15) is 38.3 Å². The summed E-state index contributed by atoms with van der Waals surface area (Å²) < 4.78 is 19.0. The Balaban J connectivity index is 1.58. The summed E-state index contributed by atoms with van der Waals surface area (Å²) >= 11 is 0. The van der Waals surface area contributed by atoms with Crippen LogP contribution in [0, 0.1) is 0 Å². The van der Waals surface area contributed by atoms with Crippen LogP contribution in [0.25, 0.3) is 11.2 Å². The fourth-order valence-electron chi connectivity index (χ4n) is 3.08. The Morgan fingerprint density at radius 3 is 2.87 bits per heavy atom. The van der Waals surface area contributed by atoms with Crippen LogP contribution in [0.3, 0.4) is 0 Å². The van der Waals surface area contributed by atoms with E-state index in [2.05, 4.69) is 15.0 Å². The van der Waals surface area contributed by atoms with Crippen molar-refractivity contribution in [3.63, 3.8) is 0 Å². The van der Waals surface area contributed by atoms with Crippen LogP contribution in [0.15, 0.2) is 6.33 Å². The molecule has 0 radical (unpaired) electrons. The molecule has 4 rings (SSSR count). The molecule has 8 heteroatoms. The van der Waals surface area contributed by atoms with E-state index in [0.29, 0.717) is 23.6 Å². The third-order valence-corrected chi connectivity index (χ3v) is 4.32. The number of fused-ring (bicyclic) bond motifs is 1. The first-order valence-corrected chi connectivity index (χ1v) is 8.17. The molecule has 2 N–H and O–H groups in total. The zero-order chi connectivity index (χ0) is 15.6. The molecule has 2 atom stereocenters. The third kappa shape index (κ3) is 2.96. The van der Waals surface area contributed by atoms with Crippen molar-refractivity contribution in [2.75, 3.05) is 25.6 Å². The van der Waals surface area contributed by atoms with Gasteiger partial charge in [0.25, 0.3) is 0 Å². The molecule has 4 heterocycles. The number of hydrogen-bond donors (Lipinski definition) is 1. The van der Waals surface area contributed by atoms with Gasteiger partial charge in [0.15, 0.2) is 17.0 Å². The van der Waals surface area contributed by atoms with E-state index >= 15 is 0 Å². The van der Waals surface area contributed by atoms with Crippen molar-refractivity contribution in [3.05, 3.63) is 6.33 Å². The molecule has 0 amide bonds. The number of nitrogen functional groups attached to an aromatic ring is 1. The van der Waals surface area contributed by atoms with E-state index in [9.17, 15) is 0 Å². The summed E-state index contributed by atoms with van der Waals surface area (Å²) in [6.07, 6.45) is 7.03. The van der Waals surface area contributed by atoms with Crippen LogP contribution in [0.5, 0.6) is 6.01 Å². The van der Waals surface area contributed by atoms with Gasteiger partial charge in [-0.15, -0.1) is 0 Å². The topological polar surface area (TPSA) is 97.3 Å². The monoisotopic (exact) mass is 319 g/mol. The summed E-state index contributed by atoms with van der Waals surface area (Å²) in [6, 6.07) is 0.267. The third-order valence-electron chi connectivity index (χ3n) is 4.32. The minimum absolute atomic E-state index is 0.0472. The molecule has 0 bridgehead atoms. The second-order valence-corrected chi connectivity index (χ2v) is 5.98. The molecule has 0 aliphatic carbocycles. The number of imidazole rings is 1. The molecular weight excluding hydrogens is 298 g/mol. The summed E-state index contributed by atoms with van der Waals surface area (Å²) in [5.74, 6) is 0.326. The van der Waals surface area contributed by atoms with Crippen molar-refractivity contribution >= 4 is 17.0 Å². The van der Waals surface area contributed by atoms with Crippen molar-refractivity contribution in [2.24, 2.45) is 0 Å². The summed E-state index contributed by atoms with van der Waals surface area (Å²) in [6.45, 7) is 1.99. The zero-order valence-corrected chi connectivity index (χ0v) is 13.0. The molecule has 124 valence electrons. The molecule has 2 aliphatic rings. The first-order valence-electron chi connectivity index (χ1n) is 8.17. The van der Waals surface area contributed by atoms with Gasteiger partial charge in [-0.3, -0.25) is 4.57 Å². The second-order valence-electron chi connectivity index (χ2n) is 5.98. The van der Waals surface area contributed by atoms with Crippen molar-refractivity contribution in [1.29, 1.82) is 0 Å². The quantitative estimate of drug-likeness (QED) is 0.915. The maximum Gasteiger partial charge on any atom is 0.320 e. The maximum absolute atomic E-state index is 6.00. The van der Waals surface area contributed by atoms with Crippen LogP contribution < -0.4 is 10.5 Å². The van der Waals surface area contributed by atoms with E-state index in [-0.39, 0.29) is 18.3 Å². The molecule has 2 aliphatic heterocycles. The zero-order valence-electron chi connectivity index (χ0n) is 13.0. The number of nitrogens with zero attached hydrogens (tertiary/aromatic N) is 4. The van der Waals surface area contributed by atoms with Crippen LogP contribution in [-0.4, -0.2) is 45.4 Å². The van der Waals surface area contributed by atoms with E-state index < -0.39 is 0 Å². The van der Waals surface area contributed by atoms with Gasteiger partial charge in [-0.1, -0.05) is 0 Å². The average Bonchev–Trinajstić information content (AvgIpc) is 3.23. The summed E-state index contributed by atoms with van der Waals surface area (Å²) in [4.78, 5) is 13.0. The van der Waals surface area contributed by atoms with Crippen molar-refractivity contribution in [2.45, 2.75) is 44.4 Å². The van der Waals surface area contributed by atoms with E-state index in [1.807, 2.05) is 4.57 Å². The Morgan fingerprint density at radius 1 is 1.17 bits per heavy atom. The van der Waals surface area contributed by atoms with E-state index in [4.69, 9.17) is 19.9 Å². The van der Waals surface area contributed by atoms with E-state index in [1.54, 1.807) is 6.33 Å². The lowest BCUT2D eigenvalue weighted by atomic mass is 10.2. The van der Waals surface area contributed by atoms with Gasteiger partial charge in [0.05, 0.1) is 12.4 Å². The minimum Gasteiger partial charge on any atom is -0.461 e. The highest BCUT2D eigenvalue weighted by Gasteiger charge is 2.22. The molecule has 2 fully saturated rings. The second kappa shape index (κ2) is 6.29. The number of nitrogens with two attached hydrogens (primary N) is 1. The summed E-state index contributed by atoms with van der Waals surface area (Å²) in [7, 11) is 0. The van der Waals surface area contributed by atoms with Gasteiger partial charge in [0, 0.05) is 13.2 Å². The largest absolute Gasteiger partial charge is 0.461 e. The van der Waals surface area contributed by atoms with Gasteiger partial charge < -0.3 is 19.9 Å². The van der Waals surface area contributed by atoms with Gasteiger partial charge in [-0.05, 0) is 32.1 Å². The smallest absolute Gasteiger partial charge is 0.320 e. The Labute approximate surface area is 134 Å². The van der Waals surface area contributed by atoms with Gasteiger partial charge in [-0.2, -0.15) is 9.97 Å². The average molecular weight is 319 g/mol.